The van der Waals surface area contributed by atoms with E-state index in [9.17, 15) is 9.59 Å². The predicted octanol–water partition coefficient (Wildman–Crippen LogP) is 4.51. The zero-order chi connectivity index (χ0) is 20.4. The smallest absolute Gasteiger partial charge is 0.265 e. The molecule has 148 valence electrons. The van der Waals surface area contributed by atoms with Crippen LogP contribution >= 0.6 is 11.3 Å². The lowest BCUT2D eigenvalue weighted by Gasteiger charge is -2.29. The molecule has 0 radical (unpaired) electrons. The summed E-state index contributed by atoms with van der Waals surface area (Å²) in [6.07, 6.45) is 0.862. The number of benzene rings is 2. The summed E-state index contributed by atoms with van der Waals surface area (Å²) in [7, 11) is 0. The van der Waals surface area contributed by atoms with Crippen LogP contribution in [0, 0.1) is 6.92 Å². The molecule has 29 heavy (non-hydrogen) atoms. The van der Waals surface area contributed by atoms with E-state index in [1.807, 2.05) is 55.6 Å². The van der Waals surface area contributed by atoms with Gasteiger partial charge in [-0.3, -0.25) is 14.9 Å². The second-order valence-electron chi connectivity index (χ2n) is 6.82. The number of anilines is 2. The van der Waals surface area contributed by atoms with Gasteiger partial charge in [-0.2, -0.15) is 0 Å². The second kappa shape index (κ2) is 8.05. The van der Waals surface area contributed by atoms with Crippen molar-refractivity contribution in [2.24, 2.45) is 0 Å². The van der Waals surface area contributed by atoms with Gasteiger partial charge >= 0.3 is 0 Å². The number of hydrogen-bond donors (Lipinski definition) is 1. The Morgan fingerprint density at radius 1 is 1.28 bits per heavy atom. The standard InChI is InChI=1S/C22H21N3O3S/c1-3-10-25-18-11-15(8-9-19(18)28-12-20(25)26)17-13-29-22(23-17)24-21(27)16-7-5-4-6-14(16)2/h4-9,11,13H,3,10,12H2,1-2H3,(H,23,24,27). The quantitative estimate of drug-likeness (QED) is 0.676. The minimum atomic E-state index is -0.178. The molecule has 0 spiro atoms. The number of hydrogen-bond acceptors (Lipinski definition) is 5. The van der Waals surface area contributed by atoms with Gasteiger partial charge in [0.15, 0.2) is 11.7 Å². The van der Waals surface area contributed by atoms with Crippen LogP contribution in [0.4, 0.5) is 10.8 Å². The number of nitrogens with zero attached hydrogens (tertiary/aromatic N) is 2. The van der Waals surface area contributed by atoms with E-state index in [1.54, 1.807) is 11.0 Å². The molecule has 1 N–H and O–H groups in total. The van der Waals surface area contributed by atoms with E-state index >= 15 is 0 Å². The van der Waals surface area contributed by atoms with Crippen LogP contribution in [0.3, 0.4) is 0 Å². The SMILES string of the molecule is CCCN1C(=O)COc2ccc(-c3csc(NC(=O)c4ccccc4C)n3)cc21. The van der Waals surface area contributed by atoms with Gasteiger partial charge in [-0.05, 0) is 43.2 Å². The van der Waals surface area contributed by atoms with Gasteiger partial charge in [0.1, 0.15) is 5.75 Å². The molecule has 7 heteroatoms. The third-order valence-electron chi connectivity index (χ3n) is 4.76. The maximum absolute atomic E-state index is 12.5. The summed E-state index contributed by atoms with van der Waals surface area (Å²) in [5.74, 6) is 0.480. The molecule has 3 aromatic rings. The summed E-state index contributed by atoms with van der Waals surface area (Å²) in [6.45, 7) is 4.66. The predicted molar refractivity (Wildman–Crippen MR) is 115 cm³/mol. The summed E-state index contributed by atoms with van der Waals surface area (Å²) in [4.78, 5) is 31.1. The van der Waals surface area contributed by atoms with Crippen LogP contribution in [-0.2, 0) is 4.79 Å². The van der Waals surface area contributed by atoms with Gasteiger partial charge in [-0.15, -0.1) is 11.3 Å². The van der Waals surface area contributed by atoms with Gasteiger partial charge < -0.3 is 9.64 Å². The largest absolute Gasteiger partial charge is 0.482 e. The number of thiazole rings is 1. The molecule has 4 rings (SSSR count). The number of amides is 2. The number of carbonyl (C=O) groups is 2. The molecule has 2 heterocycles. The highest BCUT2D eigenvalue weighted by atomic mass is 32.1. The molecular weight excluding hydrogens is 386 g/mol. The molecule has 0 unspecified atom stereocenters. The van der Waals surface area contributed by atoms with E-state index in [2.05, 4.69) is 10.3 Å². The Bertz CT molecular complexity index is 1080. The van der Waals surface area contributed by atoms with E-state index in [0.29, 0.717) is 23.0 Å². The molecule has 1 aliphatic heterocycles. The molecule has 0 bridgehead atoms. The van der Waals surface area contributed by atoms with E-state index in [4.69, 9.17) is 4.74 Å². The number of nitrogens with one attached hydrogen (secondary N) is 1. The van der Waals surface area contributed by atoms with Crippen LogP contribution in [0.2, 0.25) is 0 Å². The number of fused-ring (bicyclic) bond motifs is 1. The first-order valence-corrected chi connectivity index (χ1v) is 10.3. The third-order valence-corrected chi connectivity index (χ3v) is 5.52. The van der Waals surface area contributed by atoms with Crippen LogP contribution < -0.4 is 15.0 Å². The molecule has 1 aromatic heterocycles. The molecular formula is C22H21N3O3S. The topological polar surface area (TPSA) is 71.5 Å². The Morgan fingerprint density at radius 3 is 2.90 bits per heavy atom. The summed E-state index contributed by atoms with van der Waals surface area (Å²) in [5.41, 5.74) is 3.92. The molecule has 0 aliphatic carbocycles. The van der Waals surface area contributed by atoms with E-state index in [0.717, 1.165) is 28.9 Å². The minimum absolute atomic E-state index is 0.0408. The van der Waals surface area contributed by atoms with Crippen LogP contribution in [0.25, 0.3) is 11.3 Å². The summed E-state index contributed by atoms with van der Waals surface area (Å²) >= 11 is 1.37. The molecule has 2 amide bonds. The lowest BCUT2D eigenvalue weighted by Crippen LogP contribution is -2.39. The first kappa shape index (κ1) is 19.1. The van der Waals surface area contributed by atoms with E-state index in [-0.39, 0.29) is 18.4 Å². The Hall–Kier alpha value is -3.19. The van der Waals surface area contributed by atoms with Crippen LogP contribution in [0.15, 0.2) is 47.8 Å². The fraction of sp³-hybridized carbons (Fsp3) is 0.227. The molecule has 0 saturated heterocycles. The molecule has 6 nitrogen and oxygen atoms in total. The van der Waals surface area contributed by atoms with Gasteiger partial charge in [-0.25, -0.2) is 4.98 Å². The minimum Gasteiger partial charge on any atom is -0.482 e. The Morgan fingerprint density at radius 2 is 2.10 bits per heavy atom. The lowest BCUT2D eigenvalue weighted by molar-refractivity contribution is -0.121. The Balaban J connectivity index is 1.58. The summed E-state index contributed by atoms with van der Waals surface area (Å²) in [5, 5.41) is 5.29. The van der Waals surface area contributed by atoms with Crippen molar-refractivity contribution in [1.29, 1.82) is 0 Å². The average molecular weight is 407 g/mol. The highest BCUT2D eigenvalue weighted by Gasteiger charge is 2.25. The lowest BCUT2D eigenvalue weighted by atomic mass is 10.1. The third kappa shape index (κ3) is 3.86. The zero-order valence-electron chi connectivity index (χ0n) is 16.3. The number of carbonyl (C=O) groups excluding carboxylic acids is 2. The van der Waals surface area contributed by atoms with Crippen molar-refractivity contribution in [3.05, 3.63) is 59.0 Å². The van der Waals surface area contributed by atoms with Crippen LogP contribution in [-0.4, -0.2) is 29.9 Å². The maximum atomic E-state index is 12.5. The molecule has 0 atom stereocenters. The average Bonchev–Trinajstić information content (AvgIpc) is 3.18. The molecule has 0 saturated carbocycles. The zero-order valence-corrected chi connectivity index (χ0v) is 17.1. The fourth-order valence-electron chi connectivity index (χ4n) is 3.29. The number of aryl methyl sites for hydroxylation is 1. The Kier molecular flexibility index (Phi) is 5.31. The highest BCUT2D eigenvalue weighted by molar-refractivity contribution is 7.14. The van der Waals surface area contributed by atoms with Gasteiger partial charge in [-0.1, -0.05) is 25.1 Å². The van der Waals surface area contributed by atoms with Crippen molar-refractivity contribution < 1.29 is 14.3 Å². The molecule has 0 fully saturated rings. The number of ether oxygens (including phenoxy) is 1. The van der Waals surface area contributed by atoms with Crippen molar-refractivity contribution in [3.63, 3.8) is 0 Å². The van der Waals surface area contributed by atoms with Crippen molar-refractivity contribution in [2.45, 2.75) is 20.3 Å². The van der Waals surface area contributed by atoms with Crippen molar-refractivity contribution in [3.8, 4) is 17.0 Å². The monoisotopic (exact) mass is 407 g/mol. The van der Waals surface area contributed by atoms with Crippen LogP contribution in [0.1, 0.15) is 29.3 Å². The van der Waals surface area contributed by atoms with Crippen molar-refractivity contribution in [1.82, 2.24) is 4.98 Å². The normalized spacial score (nSPS) is 13.0. The van der Waals surface area contributed by atoms with Crippen molar-refractivity contribution in [2.75, 3.05) is 23.4 Å². The van der Waals surface area contributed by atoms with Gasteiger partial charge in [0, 0.05) is 23.1 Å². The van der Waals surface area contributed by atoms with Gasteiger partial charge in [0.2, 0.25) is 0 Å². The molecule has 2 aromatic carbocycles. The first-order chi connectivity index (χ1) is 14.1. The van der Waals surface area contributed by atoms with E-state index < -0.39 is 0 Å². The number of aromatic nitrogens is 1. The fourth-order valence-corrected chi connectivity index (χ4v) is 4.00. The summed E-state index contributed by atoms with van der Waals surface area (Å²) in [6, 6.07) is 13.1. The van der Waals surface area contributed by atoms with Crippen molar-refractivity contribution >= 4 is 34.0 Å². The first-order valence-electron chi connectivity index (χ1n) is 9.47. The highest BCUT2D eigenvalue weighted by Crippen LogP contribution is 2.37. The van der Waals surface area contributed by atoms with Gasteiger partial charge in [0.25, 0.3) is 11.8 Å². The summed E-state index contributed by atoms with van der Waals surface area (Å²) < 4.78 is 5.56. The van der Waals surface area contributed by atoms with E-state index in [1.165, 1.54) is 11.3 Å². The second-order valence-corrected chi connectivity index (χ2v) is 7.68. The Labute approximate surface area is 173 Å². The molecule has 1 aliphatic rings. The van der Waals surface area contributed by atoms with Crippen LogP contribution in [0.5, 0.6) is 5.75 Å². The maximum Gasteiger partial charge on any atom is 0.265 e. The van der Waals surface area contributed by atoms with Gasteiger partial charge in [0.05, 0.1) is 11.4 Å². The number of rotatable bonds is 5.